The van der Waals surface area contributed by atoms with Crippen LogP contribution in [0.15, 0.2) is 42.5 Å². The van der Waals surface area contributed by atoms with E-state index >= 15 is 0 Å². The van der Waals surface area contributed by atoms with Gasteiger partial charge in [-0.25, -0.2) is 4.39 Å². The monoisotopic (exact) mass is 279 g/mol. The highest BCUT2D eigenvalue weighted by Crippen LogP contribution is 2.22. The Morgan fingerprint density at radius 3 is 2.47 bits per heavy atom. The average molecular weight is 280 g/mol. The number of nitrogens with one attached hydrogen (secondary N) is 1. The van der Waals surface area contributed by atoms with Crippen LogP contribution in [-0.4, -0.2) is 11.1 Å². The second kappa shape index (κ2) is 5.71. The van der Waals surface area contributed by atoms with Gasteiger partial charge in [-0.2, -0.15) is 0 Å². The molecule has 0 atom stereocenters. The van der Waals surface area contributed by atoms with Crippen LogP contribution < -0.4 is 5.32 Å². The number of carboxylic acid groups (broad SMARTS) is 1. The first-order valence-corrected chi connectivity index (χ1v) is 5.95. The van der Waals surface area contributed by atoms with E-state index in [0.29, 0.717) is 16.3 Å². The number of anilines is 2. The predicted molar refractivity (Wildman–Crippen MR) is 72.5 cm³/mol. The van der Waals surface area contributed by atoms with E-state index in [4.69, 9.17) is 16.7 Å². The molecule has 0 aromatic heterocycles. The fourth-order valence-electron chi connectivity index (χ4n) is 1.63. The third kappa shape index (κ3) is 3.69. The van der Waals surface area contributed by atoms with E-state index in [1.54, 1.807) is 30.3 Å². The van der Waals surface area contributed by atoms with Crippen molar-refractivity contribution in [3.05, 3.63) is 58.9 Å². The lowest BCUT2D eigenvalue weighted by Gasteiger charge is -2.08. The minimum absolute atomic E-state index is 0.196. The van der Waals surface area contributed by atoms with Crippen LogP contribution in [0.5, 0.6) is 0 Å². The third-order valence-electron chi connectivity index (χ3n) is 2.51. The molecule has 2 aromatic carbocycles. The summed E-state index contributed by atoms with van der Waals surface area (Å²) in [6.07, 6.45) is -0.196. The standard InChI is InChI=1S/C14H11ClFNO2/c15-10-2-4-11(5-3-10)17-13-6-1-9(7-12(13)16)8-14(18)19/h1-7,17H,8H2,(H,18,19). The molecule has 3 nitrogen and oxygen atoms in total. The summed E-state index contributed by atoms with van der Waals surface area (Å²) in [7, 11) is 0. The molecule has 2 rings (SSSR count). The largest absolute Gasteiger partial charge is 0.481 e. The molecule has 0 amide bonds. The molecule has 19 heavy (non-hydrogen) atoms. The Labute approximate surface area is 114 Å². The lowest BCUT2D eigenvalue weighted by molar-refractivity contribution is -0.136. The van der Waals surface area contributed by atoms with Gasteiger partial charge in [-0.1, -0.05) is 17.7 Å². The van der Waals surface area contributed by atoms with E-state index in [9.17, 15) is 9.18 Å². The summed E-state index contributed by atoms with van der Waals surface area (Å²) in [6.45, 7) is 0. The lowest BCUT2D eigenvalue weighted by Crippen LogP contribution is -2.01. The van der Waals surface area contributed by atoms with Gasteiger partial charge >= 0.3 is 5.97 Å². The summed E-state index contributed by atoms with van der Waals surface area (Å²) in [5.41, 5.74) is 1.41. The number of hydrogen-bond acceptors (Lipinski definition) is 2. The van der Waals surface area contributed by atoms with Gasteiger partial charge in [0.1, 0.15) is 5.82 Å². The van der Waals surface area contributed by atoms with Gasteiger partial charge in [0, 0.05) is 10.7 Å². The molecular weight excluding hydrogens is 269 g/mol. The second-order valence-corrected chi connectivity index (χ2v) is 4.45. The molecule has 0 spiro atoms. The molecule has 0 saturated carbocycles. The van der Waals surface area contributed by atoms with Gasteiger partial charge in [-0.15, -0.1) is 0 Å². The van der Waals surface area contributed by atoms with Gasteiger partial charge in [-0.05, 0) is 42.0 Å². The molecule has 98 valence electrons. The van der Waals surface area contributed by atoms with Crippen LogP contribution in [0.25, 0.3) is 0 Å². The fraction of sp³-hybridized carbons (Fsp3) is 0.0714. The van der Waals surface area contributed by atoms with Crippen molar-refractivity contribution in [3.8, 4) is 0 Å². The zero-order chi connectivity index (χ0) is 13.8. The minimum atomic E-state index is -0.988. The zero-order valence-corrected chi connectivity index (χ0v) is 10.6. The van der Waals surface area contributed by atoms with Crippen molar-refractivity contribution in [2.45, 2.75) is 6.42 Å². The normalized spacial score (nSPS) is 10.2. The molecule has 0 heterocycles. The Morgan fingerprint density at radius 1 is 1.21 bits per heavy atom. The molecule has 0 bridgehead atoms. The third-order valence-corrected chi connectivity index (χ3v) is 2.76. The van der Waals surface area contributed by atoms with E-state index in [1.807, 2.05) is 0 Å². The summed E-state index contributed by atoms with van der Waals surface area (Å²) in [4.78, 5) is 10.5. The Balaban J connectivity index is 2.17. The van der Waals surface area contributed by atoms with Crippen molar-refractivity contribution in [1.29, 1.82) is 0 Å². The van der Waals surface area contributed by atoms with E-state index in [-0.39, 0.29) is 12.1 Å². The number of rotatable bonds is 4. The first-order valence-electron chi connectivity index (χ1n) is 5.57. The SMILES string of the molecule is O=C(O)Cc1ccc(Nc2ccc(Cl)cc2)c(F)c1. The van der Waals surface area contributed by atoms with Crippen molar-refractivity contribution < 1.29 is 14.3 Å². The van der Waals surface area contributed by atoms with Gasteiger partial charge in [-0.3, -0.25) is 4.79 Å². The minimum Gasteiger partial charge on any atom is -0.481 e. The van der Waals surface area contributed by atoms with Crippen molar-refractivity contribution >= 4 is 28.9 Å². The maximum absolute atomic E-state index is 13.8. The highest BCUT2D eigenvalue weighted by molar-refractivity contribution is 6.30. The van der Waals surface area contributed by atoms with Crippen molar-refractivity contribution in [2.75, 3.05) is 5.32 Å². The topological polar surface area (TPSA) is 49.3 Å². The molecule has 0 fully saturated rings. The van der Waals surface area contributed by atoms with Gasteiger partial charge in [0.2, 0.25) is 0 Å². The van der Waals surface area contributed by atoms with E-state index in [0.717, 1.165) is 0 Å². The van der Waals surface area contributed by atoms with Crippen LogP contribution in [-0.2, 0) is 11.2 Å². The van der Waals surface area contributed by atoms with Crippen molar-refractivity contribution in [2.24, 2.45) is 0 Å². The average Bonchev–Trinajstić information content (AvgIpc) is 2.34. The number of carbonyl (C=O) groups is 1. The van der Waals surface area contributed by atoms with Gasteiger partial charge in [0.05, 0.1) is 12.1 Å². The summed E-state index contributed by atoms with van der Waals surface area (Å²) in [5, 5.41) is 12.1. The van der Waals surface area contributed by atoms with Crippen LogP contribution in [0.3, 0.4) is 0 Å². The Morgan fingerprint density at radius 2 is 1.89 bits per heavy atom. The smallest absolute Gasteiger partial charge is 0.307 e. The number of benzene rings is 2. The predicted octanol–water partition coefficient (Wildman–Crippen LogP) is 3.85. The van der Waals surface area contributed by atoms with Crippen molar-refractivity contribution in [3.63, 3.8) is 0 Å². The maximum Gasteiger partial charge on any atom is 0.307 e. The van der Waals surface area contributed by atoms with Crippen LogP contribution in [0.2, 0.25) is 5.02 Å². The molecule has 0 aliphatic carbocycles. The first-order chi connectivity index (χ1) is 9.04. The number of halogens is 2. The molecule has 0 unspecified atom stereocenters. The molecule has 0 aliphatic heterocycles. The maximum atomic E-state index is 13.8. The Kier molecular flexibility index (Phi) is 4.02. The first kappa shape index (κ1) is 13.4. The van der Waals surface area contributed by atoms with Crippen LogP contribution in [0.4, 0.5) is 15.8 Å². The van der Waals surface area contributed by atoms with Crippen LogP contribution >= 0.6 is 11.6 Å². The summed E-state index contributed by atoms with van der Waals surface area (Å²) in [5.74, 6) is -1.48. The fourth-order valence-corrected chi connectivity index (χ4v) is 1.76. The number of carboxylic acids is 1. The van der Waals surface area contributed by atoms with E-state index in [2.05, 4.69) is 5.32 Å². The summed E-state index contributed by atoms with van der Waals surface area (Å²) >= 11 is 5.76. The molecule has 0 radical (unpaired) electrons. The molecular formula is C14H11ClFNO2. The molecule has 2 aromatic rings. The second-order valence-electron chi connectivity index (χ2n) is 4.02. The molecule has 0 aliphatic rings. The number of hydrogen-bond donors (Lipinski definition) is 2. The quantitative estimate of drug-likeness (QED) is 0.894. The molecule has 0 saturated heterocycles. The van der Waals surface area contributed by atoms with Crippen molar-refractivity contribution in [1.82, 2.24) is 0 Å². The lowest BCUT2D eigenvalue weighted by atomic mass is 10.1. The van der Waals surface area contributed by atoms with Gasteiger partial charge < -0.3 is 10.4 Å². The zero-order valence-electron chi connectivity index (χ0n) is 9.86. The molecule has 2 N–H and O–H groups in total. The molecule has 5 heteroatoms. The van der Waals surface area contributed by atoms with Gasteiger partial charge in [0.25, 0.3) is 0 Å². The summed E-state index contributed by atoms with van der Waals surface area (Å²) < 4.78 is 13.8. The number of aliphatic carboxylic acids is 1. The highest BCUT2D eigenvalue weighted by Gasteiger charge is 2.06. The highest BCUT2D eigenvalue weighted by atomic mass is 35.5. The van der Waals surface area contributed by atoms with Crippen LogP contribution in [0, 0.1) is 5.82 Å². The van der Waals surface area contributed by atoms with Crippen LogP contribution in [0.1, 0.15) is 5.56 Å². The van der Waals surface area contributed by atoms with Gasteiger partial charge in [0.15, 0.2) is 0 Å². The Bertz CT molecular complexity index is 599. The van der Waals surface area contributed by atoms with E-state index in [1.165, 1.54) is 12.1 Å². The summed E-state index contributed by atoms with van der Waals surface area (Å²) in [6, 6.07) is 11.2. The van der Waals surface area contributed by atoms with E-state index < -0.39 is 11.8 Å². The Hall–Kier alpha value is -2.07.